The standard InChI is InChI=1S/C27H27N3O2/c1-17-2-4-18(5-3-17)23-15-26-24(14-22(23)19-6-8-21(31)9-7-19)25(16-29-26)27(32)30-12-10-20(28)11-13-30/h2-9,14-16,20,29,31H,10-13,28H2,1H3. The second-order valence-corrected chi connectivity index (χ2v) is 8.69. The van der Waals surface area contributed by atoms with Crippen LogP contribution < -0.4 is 5.73 Å². The molecular weight excluding hydrogens is 398 g/mol. The minimum absolute atomic E-state index is 0.0443. The van der Waals surface area contributed by atoms with Crippen molar-refractivity contribution in [3.8, 4) is 28.0 Å². The predicted octanol–water partition coefficient (Wildman–Crippen LogP) is 5.08. The van der Waals surface area contributed by atoms with Gasteiger partial charge in [-0.2, -0.15) is 0 Å². The van der Waals surface area contributed by atoms with Crippen LogP contribution in [0.25, 0.3) is 33.2 Å². The Kier molecular flexibility index (Phi) is 5.19. The monoisotopic (exact) mass is 425 g/mol. The summed E-state index contributed by atoms with van der Waals surface area (Å²) in [6.07, 6.45) is 3.50. The third-order valence-electron chi connectivity index (χ3n) is 6.42. The number of aromatic amines is 1. The fourth-order valence-electron chi connectivity index (χ4n) is 4.47. The van der Waals surface area contributed by atoms with Gasteiger partial charge in [-0.15, -0.1) is 0 Å². The molecule has 1 aromatic heterocycles. The fraction of sp³-hybridized carbons (Fsp3) is 0.222. The van der Waals surface area contributed by atoms with Crippen molar-refractivity contribution in [1.29, 1.82) is 0 Å². The lowest BCUT2D eigenvalue weighted by Gasteiger charge is -2.30. The quantitative estimate of drug-likeness (QED) is 0.428. The number of phenols is 1. The minimum Gasteiger partial charge on any atom is -0.508 e. The molecule has 1 aliphatic rings. The molecule has 1 aliphatic heterocycles. The van der Waals surface area contributed by atoms with Gasteiger partial charge in [0.25, 0.3) is 5.91 Å². The Balaban J connectivity index is 1.64. The third kappa shape index (κ3) is 3.76. The summed E-state index contributed by atoms with van der Waals surface area (Å²) in [7, 11) is 0. The zero-order chi connectivity index (χ0) is 22.2. The van der Waals surface area contributed by atoms with E-state index in [0.29, 0.717) is 18.7 Å². The first-order chi connectivity index (χ1) is 15.5. The Hall–Kier alpha value is -3.57. The summed E-state index contributed by atoms with van der Waals surface area (Å²) in [4.78, 5) is 18.5. The zero-order valence-electron chi connectivity index (χ0n) is 18.1. The molecule has 0 atom stereocenters. The van der Waals surface area contributed by atoms with Gasteiger partial charge in [-0.3, -0.25) is 4.79 Å². The van der Waals surface area contributed by atoms with Crippen molar-refractivity contribution < 1.29 is 9.90 Å². The number of hydrogen-bond acceptors (Lipinski definition) is 3. The lowest BCUT2D eigenvalue weighted by atomic mass is 9.92. The molecule has 162 valence electrons. The number of fused-ring (bicyclic) bond motifs is 1. The van der Waals surface area contributed by atoms with Gasteiger partial charge in [0.05, 0.1) is 5.56 Å². The highest BCUT2D eigenvalue weighted by molar-refractivity contribution is 6.09. The lowest BCUT2D eigenvalue weighted by Crippen LogP contribution is -2.42. The number of piperidine rings is 1. The van der Waals surface area contributed by atoms with Crippen LogP contribution in [0.5, 0.6) is 5.75 Å². The summed E-state index contributed by atoms with van der Waals surface area (Å²) < 4.78 is 0. The van der Waals surface area contributed by atoms with E-state index in [0.717, 1.165) is 46.0 Å². The van der Waals surface area contributed by atoms with Crippen LogP contribution >= 0.6 is 0 Å². The molecule has 0 bridgehead atoms. The number of nitrogens with zero attached hydrogens (tertiary/aromatic N) is 1. The summed E-state index contributed by atoms with van der Waals surface area (Å²) in [5.41, 5.74) is 13.0. The highest BCUT2D eigenvalue weighted by Crippen LogP contribution is 2.37. The highest BCUT2D eigenvalue weighted by Gasteiger charge is 2.24. The molecule has 1 fully saturated rings. The number of hydrogen-bond donors (Lipinski definition) is 3. The molecule has 0 unspecified atom stereocenters. The number of H-pyrrole nitrogens is 1. The van der Waals surface area contributed by atoms with E-state index in [1.54, 1.807) is 12.1 Å². The van der Waals surface area contributed by atoms with E-state index in [1.807, 2.05) is 23.2 Å². The number of aryl methyl sites for hydroxylation is 1. The Morgan fingerprint density at radius 1 is 0.969 bits per heavy atom. The van der Waals surface area contributed by atoms with Crippen molar-refractivity contribution in [3.63, 3.8) is 0 Å². The van der Waals surface area contributed by atoms with Crippen LogP contribution in [-0.4, -0.2) is 40.0 Å². The second kappa shape index (κ2) is 8.17. The van der Waals surface area contributed by atoms with E-state index in [9.17, 15) is 9.90 Å². The first kappa shape index (κ1) is 20.3. The molecular formula is C27H27N3O2. The molecule has 0 spiro atoms. The van der Waals surface area contributed by atoms with Gasteiger partial charge < -0.3 is 20.7 Å². The van der Waals surface area contributed by atoms with E-state index < -0.39 is 0 Å². The van der Waals surface area contributed by atoms with Crippen molar-refractivity contribution >= 4 is 16.8 Å². The Morgan fingerprint density at radius 2 is 1.56 bits per heavy atom. The molecule has 1 amide bonds. The van der Waals surface area contributed by atoms with Crippen LogP contribution in [0.15, 0.2) is 66.9 Å². The van der Waals surface area contributed by atoms with Crippen LogP contribution in [0, 0.1) is 6.92 Å². The molecule has 0 aliphatic carbocycles. The van der Waals surface area contributed by atoms with E-state index in [-0.39, 0.29) is 17.7 Å². The van der Waals surface area contributed by atoms with E-state index in [2.05, 4.69) is 48.3 Å². The van der Waals surface area contributed by atoms with E-state index in [1.165, 1.54) is 5.56 Å². The molecule has 4 aromatic rings. The van der Waals surface area contributed by atoms with Gasteiger partial charge in [-0.1, -0.05) is 42.0 Å². The van der Waals surface area contributed by atoms with Gasteiger partial charge in [0.1, 0.15) is 5.75 Å². The molecule has 0 radical (unpaired) electrons. The average molecular weight is 426 g/mol. The van der Waals surface area contributed by atoms with Crippen molar-refractivity contribution in [1.82, 2.24) is 9.88 Å². The minimum atomic E-state index is 0.0443. The normalized spacial score (nSPS) is 14.8. The largest absolute Gasteiger partial charge is 0.508 e. The Bertz CT molecular complexity index is 1270. The Morgan fingerprint density at radius 3 is 2.22 bits per heavy atom. The topological polar surface area (TPSA) is 82.4 Å². The smallest absolute Gasteiger partial charge is 0.256 e. The number of benzene rings is 3. The molecule has 4 N–H and O–H groups in total. The molecule has 5 heteroatoms. The fourth-order valence-corrected chi connectivity index (χ4v) is 4.47. The summed E-state index contributed by atoms with van der Waals surface area (Å²) in [6, 6.07) is 20.0. The van der Waals surface area contributed by atoms with Gasteiger partial charge >= 0.3 is 0 Å². The van der Waals surface area contributed by atoms with E-state index in [4.69, 9.17) is 5.73 Å². The molecule has 5 rings (SSSR count). The molecule has 2 heterocycles. The number of carbonyl (C=O) groups is 1. The Labute approximate surface area is 187 Å². The summed E-state index contributed by atoms with van der Waals surface area (Å²) in [5.74, 6) is 0.274. The van der Waals surface area contributed by atoms with E-state index >= 15 is 0 Å². The maximum Gasteiger partial charge on any atom is 0.256 e. The summed E-state index contributed by atoms with van der Waals surface area (Å²) in [5, 5.41) is 10.7. The second-order valence-electron chi connectivity index (χ2n) is 8.69. The molecule has 32 heavy (non-hydrogen) atoms. The lowest BCUT2D eigenvalue weighted by molar-refractivity contribution is 0.0717. The first-order valence-electron chi connectivity index (χ1n) is 11.1. The van der Waals surface area contributed by atoms with Gasteiger partial charge in [-0.25, -0.2) is 0 Å². The predicted molar refractivity (Wildman–Crippen MR) is 129 cm³/mol. The number of nitrogens with one attached hydrogen (secondary N) is 1. The molecule has 1 saturated heterocycles. The molecule has 0 saturated carbocycles. The first-order valence-corrected chi connectivity index (χ1v) is 11.1. The number of phenolic OH excluding ortho intramolecular Hbond substituents is 1. The van der Waals surface area contributed by atoms with Gasteiger partial charge in [0.2, 0.25) is 0 Å². The number of likely N-dealkylation sites (tertiary alicyclic amines) is 1. The van der Waals surface area contributed by atoms with Crippen LogP contribution in [0.1, 0.15) is 28.8 Å². The number of nitrogens with two attached hydrogens (primary N) is 1. The van der Waals surface area contributed by atoms with Crippen LogP contribution in [0.3, 0.4) is 0 Å². The van der Waals surface area contributed by atoms with Gasteiger partial charge in [0, 0.05) is 36.2 Å². The third-order valence-corrected chi connectivity index (χ3v) is 6.42. The number of carbonyl (C=O) groups excluding carboxylic acids is 1. The van der Waals surface area contributed by atoms with Gasteiger partial charge in [0.15, 0.2) is 0 Å². The molecule has 5 nitrogen and oxygen atoms in total. The summed E-state index contributed by atoms with van der Waals surface area (Å²) >= 11 is 0. The van der Waals surface area contributed by atoms with Crippen LogP contribution in [-0.2, 0) is 0 Å². The van der Waals surface area contributed by atoms with Crippen molar-refractivity contribution in [2.24, 2.45) is 5.73 Å². The maximum absolute atomic E-state index is 13.3. The number of rotatable bonds is 3. The maximum atomic E-state index is 13.3. The van der Waals surface area contributed by atoms with Crippen molar-refractivity contribution in [2.45, 2.75) is 25.8 Å². The zero-order valence-corrected chi connectivity index (χ0v) is 18.1. The van der Waals surface area contributed by atoms with Crippen LogP contribution in [0.2, 0.25) is 0 Å². The number of amides is 1. The molecule has 3 aromatic carbocycles. The van der Waals surface area contributed by atoms with Crippen LogP contribution in [0.4, 0.5) is 0 Å². The number of aromatic nitrogens is 1. The van der Waals surface area contributed by atoms with Gasteiger partial charge in [-0.05, 0) is 66.3 Å². The highest BCUT2D eigenvalue weighted by atomic mass is 16.3. The summed E-state index contributed by atoms with van der Waals surface area (Å²) in [6.45, 7) is 3.46. The number of aromatic hydroxyl groups is 1. The SMILES string of the molecule is Cc1ccc(-c2cc3[nH]cc(C(=O)N4CCC(N)CC4)c3cc2-c2ccc(O)cc2)cc1. The van der Waals surface area contributed by atoms with Crippen molar-refractivity contribution in [3.05, 3.63) is 78.0 Å². The van der Waals surface area contributed by atoms with Crippen molar-refractivity contribution in [2.75, 3.05) is 13.1 Å². The average Bonchev–Trinajstić information content (AvgIpc) is 3.22.